The smallest absolute Gasteiger partial charge is 0.240 e. The first kappa shape index (κ1) is 17.1. The van der Waals surface area contributed by atoms with E-state index < -0.39 is 15.8 Å². The van der Waals surface area contributed by atoms with Gasteiger partial charge in [-0.2, -0.15) is 0 Å². The minimum absolute atomic E-state index is 0.0142. The summed E-state index contributed by atoms with van der Waals surface area (Å²) in [5.74, 6) is -0.688. The van der Waals surface area contributed by atoms with Crippen LogP contribution >= 0.6 is 0 Å². The molecule has 1 unspecified atom stereocenters. The number of hydrogen-bond acceptors (Lipinski definition) is 5. The van der Waals surface area contributed by atoms with Crippen LogP contribution in [-0.2, 0) is 14.8 Å². The van der Waals surface area contributed by atoms with Crippen LogP contribution in [0.1, 0.15) is 6.92 Å². The molecule has 1 aliphatic rings. The highest BCUT2D eigenvalue weighted by atomic mass is 32.2. The molecular weight excluding hydrogens is 311 g/mol. The third-order valence-electron chi connectivity index (χ3n) is 3.43. The molecule has 1 aliphatic heterocycles. The Bertz CT molecular complexity index is 603. The van der Waals surface area contributed by atoms with Crippen molar-refractivity contribution >= 4 is 10.0 Å². The molecule has 0 aliphatic carbocycles. The van der Waals surface area contributed by atoms with Gasteiger partial charge in [-0.25, -0.2) is 17.5 Å². The molecule has 1 heterocycles. The van der Waals surface area contributed by atoms with Gasteiger partial charge in [0.25, 0.3) is 0 Å². The van der Waals surface area contributed by atoms with Crippen molar-refractivity contribution < 1.29 is 22.3 Å². The molecule has 0 bridgehead atoms. The van der Waals surface area contributed by atoms with Crippen molar-refractivity contribution in [2.45, 2.75) is 17.9 Å². The predicted octanol–water partition coefficient (Wildman–Crippen LogP) is 0.833. The monoisotopic (exact) mass is 332 g/mol. The van der Waals surface area contributed by atoms with Gasteiger partial charge >= 0.3 is 0 Å². The quantitative estimate of drug-likeness (QED) is 0.836. The number of methoxy groups -OCH3 is 1. The van der Waals surface area contributed by atoms with Crippen LogP contribution in [0.15, 0.2) is 23.1 Å². The Balaban J connectivity index is 2.01. The maximum absolute atomic E-state index is 13.7. The fourth-order valence-corrected chi connectivity index (χ4v) is 3.60. The lowest BCUT2D eigenvalue weighted by Crippen LogP contribution is -2.45. The summed E-state index contributed by atoms with van der Waals surface area (Å²) < 4.78 is 50.8. The van der Waals surface area contributed by atoms with E-state index in [2.05, 4.69) is 9.62 Å². The largest absolute Gasteiger partial charge is 0.494 e. The number of ether oxygens (including phenoxy) is 2. The standard InChI is InChI=1S/C14H21FN2O4S/c1-11(10-17-5-7-21-8-6-17)16-22(18,19)12-3-4-14(20-2)13(15)9-12/h3-4,9,11,16H,5-8,10H2,1-2H3. The summed E-state index contributed by atoms with van der Waals surface area (Å²) in [5, 5.41) is 0. The second kappa shape index (κ2) is 7.36. The maximum Gasteiger partial charge on any atom is 0.240 e. The van der Waals surface area contributed by atoms with Crippen LogP contribution in [0.4, 0.5) is 4.39 Å². The van der Waals surface area contributed by atoms with Gasteiger partial charge in [-0.3, -0.25) is 4.90 Å². The van der Waals surface area contributed by atoms with Crippen molar-refractivity contribution in [3.05, 3.63) is 24.0 Å². The maximum atomic E-state index is 13.7. The van der Waals surface area contributed by atoms with Gasteiger partial charge in [-0.1, -0.05) is 0 Å². The van der Waals surface area contributed by atoms with Crippen molar-refractivity contribution in [1.29, 1.82) is 0 Å². The Morgan fingerprint density at radius 2 is 2.09 bits per heavy atom. The molecule has 0 saturated carbocycles. The number of halogens is 1. The van der Waals surface area contributed by atoms with E-state index in [1.54, 1.807) is 6.92 Å². The zero-order valence-electron chi connectivity index (χ0n) is 12.7. The predicted molar refractivity (Wildman–Crippen MR) is 80.0 cm³/mol. The first-order chi connectivity index (χ1) is 10.4. The Morgan fingerprint density at radius 3 is 2.68 bits per heavy atom. The highest BCUT2D eigenvalue weighted by Crippen LogP contribution is 2.20. The topological polar surface area (TPSA) is 67.9 Å². The molecule has 22 heavy (non-hydrogen) atoms. The molecule has 1 saturated heterocycles. The van der Waals surface area contributed by atoms with Gasteiger partial charge in [0.1, 0.15) is 0 Å². The van der Waals surface area contributed by atoms with Crippen LogP contribution in [0.3, 0.4) is 0 Å². The van der Waals surface area contributed by atoms with Gasteiger partial charge in [-0.05, 0) is 25.1 Å². The third-order valence-corrected chi connectivity index (χ3v) is 5.01. The molecule has 1 fully saturated rings. The van der Waals surface area contributed by atoms with Crippen LogP contribution in [0.5, 0.6) is 5.75 Å². The summed E-state index contributed by atoms with van der Waals surface area (Å²) in [6.45, 7) is 5.24. The fraction of sp³-hybridized carbons (Fsp3) is 0.571. The molecule has 1 aromatic carbocycles. The summed E-state index contributed by atoms with van der Waals surface area (Å²) in [6, 6.07) is 3.30. The lowest BCUT2D eigenvalue weighted by atomic mass is 10.3. The van der Waals surface area contributed by atoms with E-state index in [4.69, 9.17) is 9.47 Å². The molecule has 0 amide bonds. The number of nitrogens with zero attached hydrogens (tertiary/aromatic N) is 1. The molecule has 1 atom stereocenters. The molecule has 124 valence electrons. The van der Waals surface area contributed by atoms with Crippen LogP contribution in [0.2, 0.25) is 0 Å². The molecule has 0 aromatic heterocycles. The van der Waals surface area contributed by atoms with Crippen LogP contribution in [-0.4, -0.2) is 59.3 Å². The lowest BCUT2D eigenvalue weighted by Gasteiger charge is -2.29. The molecular formula is C14H21FN2O4S. The molecule has 2 rings (SSSR count). The first-order valence-electron chi connectivity index (χ1n) is 7.08. The molecule has 0 radical (unpaired) electrons. The second-order valence-electron chi connectivity index (χ2n) is 5.23. The minimum Gasteiger partial charge on any atom is -0.494 e. The summed E-state index contributed by atoms with van der Waals surface area (Å²) in [5.41, 5.74) is 0. The Kier molecular flexibility index (Phi) is 5.74. The summed E-state index contributed by atoms with van der Waals surface area (Å²) in [6.07, 6.45) is 0. The first-order valence-corrected chi connectivity index (χ1v) is 8.56. The fourth-order valence-electron chi connectivity index (χ4n) is 2.36. The number of hydrogen-bond donors (Lipinski definition) is 1. The average Bonchev–Trinajstić information content (AvgIpc) is 2.47. The lowest BCUT2D eigenvalue weighted by molar-refractivity contribution is 0.0354. The molecule has 8 heteroatoms. The third kappa shape index (κ3) is 4.39. The average molecular weight is 332 g/mol. The van der Waals surface area contributed by atoms with Gasteiger partial charge in [0.2, 0.25) is 10.0 Å². The van der Waals surface area contributed by atoms with Crippen molar-refractivity contribution in [2.24, 2.45) is 0 Å². The van der Waals surface area contributed by atoms with Gasteiger partial charge in [0.05, 0.1) is 25.2 Å². The Morgan fingerprint density at radius 1 is 1.41 bits per heavy atom. The van der Waals surface area contributed by atoms with Gasteiger partial charge < -0.3 is 9.47 Å². The highest BCUT2D eigenvalue weighted by molar-refractivity contribution is 7.89. The number of sulfonamides is 1. The normalized spacial score (nSPS) is 18.1. The molecule has 1 N–H and O–H groups in total. The van der Waals surface area contributed by atoms with Crippen LogP contribution in [0, 0.1) is 5.82 Å². The van der Waals surface area contributed by atoms with Crippen molar-refractivity contribution in [3.63, 3.8) is 0 Å². The van der Waals surface area contributed by atoms with E-state index in [1.165, 1.54) is 19.2 Å². The van der Waals surface area contributed by atoms with Crippen molar-refractivity contribution in [3.8, 4) is 5.75 Å². The van der Waals surface area contributed by atoms with Gasteiger partial charge in [0.15, 0.2) is 11.6 Å². The van der Waals surface area contributed by atoms with Gasteiger partial charge in [0, 0.05) is 25.7 Å². The second-order valence-corrected chi connectivity index (χ2v) is 6.95. The summed E-state index contributed by atoms with van der Waals surface area (Å²) >= 11 is 0. The van der Waals surface area contributed by atoms with Gasteiger partial charge in [-0.15, -0.1) is 0 Å². The number of nitrogens with one attached hydrogen (secondary N) is 1. The zero-order valence-corrected chi connectivity index (χ0v) is 13.5. The minimum atomic E-state index is -3.76. The Hall–Kier alpha value is -1.22. The number of morpholine rings is 1. The zero-order chi connectivity index (χ0) is 16.2. The van der Waals surface area contributed by atoms with E-state index in [-0.39, 0.29) is 16.7 Å². The van der Waals surface area contributed by atoms with E-state index in [9.17, 15) is 12.8 Å². The number of benzene rings is 1. The summed E-state index contributed by atoms with van der Waals surface area (Å²) in [4.78, 5) is 2.02. The number of rotatable bonds is 6. The van der Waals surface area contributed by atoms with E-state index in [1.807, 2.05) is 0 Å². The molecule has 0 spiro atoms. The SMILES string of the molecule is COc1ccc(S(=O)(=O)NC(C)CN2CCOCC2)cc1F. The van der Waals surface area contributed by atoms with E-state index in [0.29, 0.717) is 19.8 Å². The highest BCUT2D eigenvalue weighted by Gasteiger charge is 2.21. The summed E-state index contributed by atoms with van der Waals surface area (Å²) in [7, 11) is -2.43. The van der Waals surface area contributed by atoms with E-state index in [0.717, 1.165) is 19.2 Å². The van der Waals surface area contributed by atoms with Crippen LogP contribution < -0.4 is 9.46 Å². The van der Waals surface area contributed by atoms with Crippen molar-refractivity contribution in [1.82, 2.24) is 9.62 Å². The van der Waals surface area contributed by atoms with E-state index >= 15 is 0 Å². The Labute approximate surface area is 130 Å². The molecule has 6 nitrogen and oxygen atoms in total. The molecule has 1 aromatic rings. The van der Waals surface area contributed by atoms with Crippen molar-refractivity contribution in [2.75, 3.05) is 40.0 Å². The van der Waals surface area contributed by atoms with Crippen LogP contribution in [0.25, 0.3) is 0 Å².